The average Bonchev–Trinajstić information content (AvgIpc) is 2.48. The van der Waals surface area contributed by atoms with Crippen LogP contribution in [0.25, 0.3) is 0 Å². The first-order chi connectivity index (χ1) is 9.70. The maximum absolute atomic E-state index is 8.91. The first-order valence-electron chi connectivity index (χ1n) is 6.73. The second-order valence-corrected chi connectivity index (χ2v) is 5.14. The number of pyridine rings is 1. The van der Waals surface area contributed by atoms with Crippen molar-refractivity contribution in [3.05, 3.63) is 47.7 Å². The van der Waals surface area contributed by atoms with E-state index in [9.17, 15) is 0 Å². The van der Waals surface area contributed by atoms with Gasteiger partial charge in [0, 0.05) is 17.9 Å². The maximum Gasteiger partial charge on any atom is 0.156 e. The summed E-state index contributed by atoms with van der Waals surface area (Å²) in [5.74, 6) is 0.739. The van der Waals surface area contributed by atoms with Gasteiger partial charge in [0.15, 0.2) is 5.82 Å². The van der Waals surface area contributed by atoms with Crippen LogP contribution in [-0.2, 0) is 6.42 Å². The number of hydrogen-bond donors (Lipinski definition) is 1. The van der Waals surface area contributed by atoms with E-state index in [-0.39, 0.29) is 0 Å². The number of fused-ring (bicyclic) bond motifs is 1. The molecule has 1 atom stereocenters. The highest BCUT2D eigenvalue weighted by Gasteiger charge is 2.26. The minimum absolute atomic E-state index is 0.340. The lowest BCUT2D eigenvalue weighted by Crippen LogP contribution is -2.34. The van der Waals surface area contributed by atoms with Crippen LogP contribution in [0.2, 0.25) is 0 Å². The molecule has 1 aromatic carbocycles. The summed E-state index contributed by atoms with van der Waals surface area (Å²) in [5.41, 5.74) is 9.61. The Bertz CT molecular complexity index is 687. The summed E-state index contributed by atoms with van der Waals surface area (Å²) in [5, 5.41) is 8.91. The van der Waals surface area contributed by atoms with E-state index in [0.29, 0.717) is 17.3 Å². The van der Waals surface area contributed by atoms with Gasteiger partial charge in [-0.1, -0.05) is 18.2 Å². The molecule has 0 amide bonds. The third-order valence-electron chi connectivity index (χ3n) is 3.78. The largest absolute Gasteiger partial charge is 0.396 e. The van der Waals surface area contributed by atoms with Gasteiger partial charge >= 0.3 is 0 Å². The van der Waals surface area contributed by atoms with Crippen LogP contribution in [-0.4, -0.2) is 11.0 Å². The molecule has 20 heavy (non-hydrogen) atoms. The van der Waals surface area contributed by atoms with Crippen LogP contribution in [0.15, 0.2) is 36.5 Å². The van der Waals surface area contributed by atoms with Gasteiger partial charge < -0.3 is 10.6 Å². The van der Waals surface area contributed by atoms with Crippen LogP contribution >= 0.6 is 0 Å². The van der Waals surface area contributed by atoms with Gasteiger partial charge in [-0.2, -0.15) is 5.26 Å². The maximum atomic E-state index is 8.91. The van der Waals surface area contributed by atoms with E-state index < -0.39 is 0 Å². The summed E-state index contributed by atoms with van der Waals surface area (Å²) in [6, 6.07) is 12.4. The van der Waals surface area contributed by atoms with Crippen LogP contribution in [0.5, 0.6) is 0 Å². The molecule has 100 valence electrons. The Hall–Kier alpha value is -2.54. The summed E-state index contributed by atoms with van der Waals surface area (Å²) in [7, 11) is 0. The molecular weight excluding hydrogens is 248 g/mol. The van der Waals surface area contributed by atoms with Crippen molar-refractivity contribution in [1.82, 2.24) is 4.98 Å². The van der Waals surface area contributed by atoms with Crippen molar-refractivity contribution in [3.8, 4) is 6.07 Å². The number of rotatable bonds is 1. The number of aryl methyl sites for hydroxylation is 1. The molecule has 3 rings (SSSR count). The minimum atomic E-state index is 0.340. The first-order valence-corrected chi connectivity index (χ1v) is 6.73. The van der Waals surface area contributed by atoms with Gasteiger partial charge in [0.2, 0.25) is 0 Å². The zero-order chi connectivity index (χ0) is 14.1. The normalized spacial score (nSPS) is 17.4. The van der Waals surface area contributed by atoms with Gasteiger partial charge in [-0.3, -0.25) is 0 Å². The molecule has 0 bridgehead atoms. The number of anilines is 3. The lowest BCUT2D eigenvalue weighted by Gasteiger charge is -2.36. The summed E-state index contributed by atoms with van der Waals surface area (Å²) < 4.78 is 0. The van der Waals surface area contributed by atoms with E-state index in [4.69, 9.17) is 11.0 Å². The van der Waals surface area contributed by atoms with Gasteiger partial charge in [-0.05, 0) is 37.5 Å². The number of nitrogens with zero attached hydrogens (tertiary/aromatic N) is 3. The number of benzene rings is 1. The Morgan fingerprint density at radius 2 is 2.20 bits per heavy atom. The van der Waals surface area contributed by atoms with Crippen molar-refractivity contribution in [2.45, 2.75) is 25.8 Å². The number of hydrogen-bond acceptors (Lipinski definition) is 4. The van der Waals surface area contributed by atoms with Gasteiger partial charge in [0.05, 0.1) is 11.3 Å². The SMILES string of the molecule is CC1CCc2ccccc2N1c1ncc(C#N)cc1N. The average molecular weight is 264 g/mol. The predicted octanol–water partition coefficient (Wildman–Crippen LogP) is 3.01. The fourth-order valence-corrected chi connectivity index (χ4v) is 2.75. The van der Waals surface area contributed by atoms with Crippen LogP contribution in [0.4, 0.5) is 17.2 Å². The summed E-state index contributed by atoms with van der Waals surface area (Å²) in [6.45, 7) is 2.18. The quantitative estimate of drug-likeness (QED) is 0.859. The van der Waals surface area contributed by atoms with Crippen molar-refractivity contribution >= 4 is 17.2 Å². The molecule has 2 heterocycles. The van der Waals surface area contributed by atoms with Crippen LogP contribution < -0.4 is 10.6 Å². The van der Waals surface area contributed by atoms with Gasteiger partial charge in [0.1, 0.15) is 6.07 Å². The zero-order valence-corrected chi connectivity index (χ0v) is 11.4. The predicted molar refractivity (Wildman–Crippen MR) is 79.7 cm³/mol. The lowest BCUT2D eigenvalue weighted by molar-refractivity contribution is 0.614. The van der Waals surface area contributed by atoms with Crippen molar-refractivity contribution in [1.29, 1.82) is 5.26 Å². The van der Waals surface area contributed by atoms with E-state index in [2.05, 4.69) is 41.1 Å². The molecule has 4 heteroatoms. The molecular formula is C16H16N4. The Morgan fingerprint density at radius 3 is 2.95 bits per heavy atom. The molecule has 1 aromatic heterocycles. The highest BCUT2D eigenvalue weighted by molar-refractivity contribution is 5.75. The van der Waals surface area contributed by atoms with Gasteiger partial charge in [-0.15, -0.1) is 0 Å². The van der Waals surface area contributed by atoms with Crippen molar-refractivity contribution in [2.75, 3.05) is 10.6 Å². The highest BCUT2D eigenvalue weighted by Crippen LogP contribution is 2.38. The molecule has 0 spiro atoms. The second-order valence-electron chi connectivity index (χ2n) is 5.14. The fraction of sp³-hybridized carbons (Fsp3) is 0.250. The lowest BCUT2D eigenvalue weighted by atomic mass is 9.96. The number of nitrogens with two attached hydrogens (primary N) is 1. The molecule has 0 saturated carbocycles. The van der Waals surface area contributed by atoms with E-state index >= 15 is 0 Å². The third-order valence-corrected chi connectivity index (χ3v) is 3.78. The molecule has 2 N–H and O–H groups in total. The topological polar surface area (TPSA) is 65.9 Å². The van der Waals surface area contributed by atoms with E-state index in [1.165, 1.54) is 5.56 Å². The van der Waals surface area contributed by atoms with Crippen molar-refractivity contribution < 1.29 is 0 Å². The first kappa shape index (κ1) is 12.5. The molecule has 1 aliphatic heterocycles. The Morgan fingerprint density at radius 1 is 1.40 bits per heavy atom. The third kappa shape index (κ3) is 1.97. The molecule has 0 saturated heterocycles. The van der Waals surface area contributed by atoms with E-state index in [1.54, 1.807) is 12.3 Å². The van der Waals surface area contributed by atoms with Gasteiger partial charge in [0.25, 0.3) is 0 Å². The van der Waals surface area contributed by atoms with Crippen LogP contribution in [0.1, 0.15) is 24.5 Å². The van der Waals surface area contributed by atoms with E-state index in [1.807, 2.05) is 6.07 Å². The van der Waals surface area contributed by atoms with Crippen LogP contribution in [0, 0.1) is 11.3 Å². The number of nitrogen functional groups attached to an aromatic ring is 1. The molecule has 1 unspecified atom stereocenters. The fourth-order valence-electron chi connectivity index (χ4n) is 2.75. The van der Waals surface area contributed by atoms with Gasteiger partial charge in [-0.25, -0.2) is 4.98 Å². The monoisotopic (exact) mass is 264 g/mol. The summed E-state index contributed by atoms with van der Waals surface area (Å²) in [6.07, 6.45) is 3.72. The molecule has 0 aliphatic carbocycles. The standard InChI is InChI=1S/C16H16N4/c1-11-6-7-13-4-2-3-5-15(13)20(11)16-14(18)8-12(9-17)10-19-16/h2-5,8,10-11H,6-7,18H2,1H3. The molecule has 2 aromatic rings. The minimum Gasteiger partial charge on any atom is -0.396 e. The van der Waals surface area contributed by atoms with Crippen molar-refractivity contribution in [2.24, 2.45) is 0 Å². The molecule has 1 aliphatic rings. The summed E-state index contributed by atoms with van der Waals surface area (Å²) in [4.78, 5) is 6.58. The Balaban J connectivity index is 2.12. The smallest absolute Gasteiger partial charge is 0.156 e. The molecule has 0 radical (unpaired) electrons. The zero-order valence-electron chi connectivity index (χ0n) is 11.4. The molecule has 4 nitrogen and oxygen atoms in total. The number of nitriles is 1. The van der Waals surface area contributed by atoms with Crippen molar-refractivity contribution in [3.63, 3.8) is 0 Å². The number of para-hydroxylation sites is 1. The van der Waals surface area contributed by atoms with E-state index in [0.717, 1.165) is 24.3 Å². The Kier molecular flexibility index (Phi) is 3.03. The highest BCUT2D eigenvalue weighted by atomic mass is 15.2. The number of aromatic nitrogens is 1. The summed E-state index contributed by atoms with van der Waals surface area (Å²) >= 11 is 0. The Labute approximate surface area is 118 Å². The second kappa shape index (κ2) is 4.86. The van der Waals surface area contributed by atoms with Crippen LogP contribution in [0.3, 0.4) is 0 Å². The molecule has 0 fully saturated rings.